The Morgan fingerprint density at radius 2 is 1.59 bits per heavy atom. The minimum Gasteiger partial charge on any atom is -0.455 e. The van der Waals surface area contributed by atoms with Gasteiger partial charge in [-0.05, 0) is 42.3 Å². The lowest BCUT2D eigenvalue weighted by atomic mass is 10.1. The van der Waals surface area contributed by atoms with Gasteiger partial charge < -0.3 is 18.9 Å². The maximum atomic E-state index is 12.7. The fourth-order valence-corrected chi connectivity index (χ4v) is 5.03. The summed E-state index contributed by atoms with van der Waals surface area (Å²) in [5.41, 5.74) is 0.327. The zero-order chi connectivity index (χ0) is 28.3. The number of carbonyl (C=O) groups is 1. The van der Waals surface area contributed by atoms with Crippen molar-refractivity contribution in [3.63, 3.8) is 0 Å². The molecule has 2 heterocycles. The molecule has 1 aromatic heterocycles. The lowest BCUT2D eigenvalue weighted by Gasteiger charge is -2.25. The van der Waals surface area contributed by atoms with Crippen molar-refractivity contribution < 1.29 is 23.7 Å². The van der Waals surface area contributed by atoms with E-state index in [1.807, 2.05) is 0 Å². The molecule has 1 aliphatic rings. The van der Waals surface area contributed by atoms with E-state index in [4.69, 9.17) is 65.4 Å². The molecule has 39 heavy (non-hydrogen) atoms. The number of aromatic nitrogens is 2. The second-order valence-electron chi connectivity index (χ2n) is 8.88. The Morgan fingerprint density at radius 1 is 0.974 bits per heavy atom. The lowest BCUT2D eigenvalue weighted by molar-refractivity contribution is -0.158. The van der Waals surface area contributed by atoms with E-state index in [0.29, 0.717) is 31.2 Å². The molecule has 0 radical (unpaired) electrons. The van der Waals surface area contributed by atoms with E-state index in [0.717, 1.165) is 4.57 Å². The number of carbonyl (C=O) groups excluding carboxylic acids is 1. The molecule has 9 nitrogen and oxygen atoms in total. The predicted molar refractivity (Wildman–Crippen MR) is 147 cm³/mol. The van der Waals surface area contributed by atoms with Gasteiger partial charge in [0.2, 0.25) is 0 Å². The minimum atomic E-state index is -1.12. The highest BCUT2D eigenvalue weighted by molar-refractivity contribution is 6.35. The maximum Gasteiger partial charge on any atom is 0.330 e. The van der Waals surface area contributed by atoms with Crippen LogP contribution in [-0.4, -0.2) is 40.4 Å². The maximum absolute atomic E-state index is 12.7. The van der Waals surface area contributed by atoms with Crippen LogP contribution >= 0.6 is 46.4 Å². The molecule has 2 aromatic carbocycles. The summed E-state index contributed by atoms with van der Waals surface area (Å²) >= 11 is 24.6. The van der Waals surface area contributed by atoms with Crippen LogP contribution < -0.4 is 11.2 Å². The van der Waals surface area contributed by atoms with Crippen molar-refractivity contribution >= 4 is 52.4 Å². The molecule has 1 saturated heterocycles. The molecule has 1 aliphatic heterocycles. The van der Waals surface area contributed by atoms with Gasteiger partial charge in [0.25, 0.3) is 5.56 Å². The second kappa shape index (κ2) is 12.9. The fourth-order valence-electron chi connectivity index (χ4n) is 4.11. The first-order valence-corrected chi connectivity index (χ1v) is 13.3. The van der Waals surface area contributed by atoms with Crippen LogP contribution in [0.5, 0.6) is 0 Å². The SMILES string of the molecule is CC(=O)O[C@@H]1[C@H](OCc2ccc(Cl)cc2Cl)[C@@H](COCc2ccc(Cl)cc2Cl)O[C@H]1n1cc(C)c(=O)[nH]c1=O. The zero-order valence-electron chi connectivity index (χ0n) is 20.8. The summed E-state index contributed by atoms with van der Waals surface area (Å²) in [4.78, 5) is 39.0. The van der Waals surface area contributed by atoms with Crippen LogP contribution in [0.1, 0.15) is 29.8 Å². The van der Waals surface area contributed by atoms with Gasteiger partial charge in [-0.15, -0.1) is 0 Å². The number of H-pyrrole nitrogens is 1. The number of halogens is 4. The van der Waals surface area contributed by atoms with Gasteiger partial charge in [-0.25, -0.2) is 4.79 Å². The molecule has 3 aromatic rings. The lowest BCUT2D eigenvalue weighted by Crippen LogP contribution is -2.42. The Kier molecular flexibility index (Phi) is 9.77. The number of ether oxygens (including phenoxy) is 4. The largest absolute Gasteiger partial charge is 0.455 e. The van der Waals surface area contributed by atoms with Crippen LogP contribution in [0.4, 0.5) is 0 Å². The van der Waals surface area contributed by atoms with Gasteiger partial charge in [-0.2, -0.15) is 0 Å². The second-order valence-corrected chi connectivity index (χ2v) is 10.6. The highest BCUT2D eigenvalue weighted by Crippen LogP contribution is 2.35. The first kappa shape index (κ1) is 29.6. The summed E-state index contributed by atoms with van der Waals surface area (Å²) in [7, 11) is 0. The Labute approximate surface area is 243 Å². The van der Waals surface area contributed by atoms with Crippen LogP contribution in [0, 0.1) is 6.92 Å². The number of benzene rings is 2. The van der Waals surface area contributed by atoms with Gasteiger partial charge in [0.05, 0.1) is 19.8 Å². The number of hydrogen-bond donors (Lipinski definition) is 1. The number of aromatic amines is 1. The standard InChI is InChI=1S/C26H24Cl4N2O7/c1-13-9-32(26(35)31-24(13)34)25-23(38-14(2)33)22(37-11-16-4-6-18(28)8-20(16)30)21(39-25)12-36-10-15-3-5-17(27)7-19(15)29/h3-9,21-23,25H,10-12H2,1-2H3,(H,31,34,35)/t21-,22-,23-,25-/m1/s1. The number of rotatable bonds is 9. The molecule has 0 amide bonds. The van der Waals surface area contributed by atoms with Gasteiger partial charge in [-0.1, -0.05) is 58.5 Å². The molecular weight excluding hydrogens is 594 g/mol. The number of nitrogens with one attached hydrogen (secondary N) is 1. The van der Waals surface area contributed by atoms with E-state index in [9.17, 15) is 14.4 Å². The van der Waals surface area contributed by atoms with Gasteiger partial charge in [0.1, 0.15) is 12.2 Å². The molecule has 1 fully saturated rings. The van der Waals surface area contributed by atoms with Gasteiger partial charge in [-0.3, -0.25) is 19.1 Å². The third-order valence-electron chi connectivity index (χ3n) is 6.01. The first-order chi connectivity index (χ1) is 18.5. The van der Waals surface area contributed by atoms with E-state index in [1.54, 1.807) is 36.4 Å². The summed E-state index contributed by atoms with van der Waals surface area (Å²) in [6, 6.07) is 10.00. The van der Waals surface area contributed by atoms with Crippen LogP contribution in [0.25, 0.3) is 0 Å². The van der Waals surface area contributed by atoms with Crippen LogP contribution in [-0.2, 0) is 37.0 Å². The molecule has 1 N–H and O–H groups in total. The molecule has 4 atom stereocenters. The Balaban J connectivity index is 1.63. The van der Waals surface area contributed by atoms with E-state index in [-0.39, 0.29) is 25.4 Å². The monoisotopic (exact) mass is 616 g/mol. The van der Waals surface area contributed by atoms with Gasteiger partial charge >= 0.3 is 11.7 Å². The molecule has 13 heteroatoms. The van der Waals surface area contributed by atoms with Crippen molar-refractivity contribution in [1.82, 2.24) is 9.55 Å². The normalized spacial score (nSPS) is 20.8. The smallest absolute Gasteiger partial charge is 0.330 e. The summed E-state index contributed by atoms with van der Waals surface area (Å²) < 4.78 is 25.0. The average Bonchev–Trinajstić information content (AvgIpc) is 3.18. The summed E-state index contributed by atoms with van der Waals surface area (Å²) in [6.07, 6.45) is -2.52. The minimum absolute atomic E-state index is 0.0106. The van der Waals surface area contributed by atoms with Crippen molar-refractivity contribution in [2.24, 2.45) is 0 Å². The number of nitrogens with zero attached hydrogens (tertiary/aromatic N) is 1. The van der Waals surface area contributed by atoms with E-state index < -0.39 is 41.8 Å². The number of esters is 1. The van der Waals surface area contributed by atoms with Crippen molar-refractivity contribution in [3.8, 4) is 0 Å². The van der Waals surface area contributed by atoms with Gasteiger partial charge in [0, 0.05) is 38.8 Å². The van der Waals surface area contributed by atoms with Gasteiger partial charge in [0.15, 0.2) is 12.3 Å². The summed E-state index contributed by atoms with van der Waals surface area (Å²) in [6.45, 7) is 2.91. The fraction of sp³-hybridized carbons (Fsp3) is 0.346. The van der Waals surface area contributed by atoms with Crippen LogP contribution in [0.3, 0.4) is 0 Å². The quantitative estimate of drug-likeness (QED) is 0.333. The summed E-state index contributed by atoms with van der Waals surface area (Å²) in [5, 5.41) is 1.78. The molecule has 0 saturated carbocycles. The topological polar surface area (TPSA) is 109 Å². The van der Waals surface area contributed by atoms with Crippen molar-refractivity contribution in [2.45, 2.75) is 51.6 Å². The zero-order valence-corrected chi connectivity index (χ0v) is 23.8. The Morgan fingerprint density at radius 3 is 2.18 bits per heavy atom. The van der Waals surface area contributed by atoms with E-state index in [1.165, 1.54) is 20.0 Å². The van der Waals surface area contributed by atoms with Crippen molar-refractivity contribution in [1.29, 1.82) is 0 Å². The molecular formula is C26H24Cl4N2O7. The molecule has 208 valence electrons. The average molecular weight is 618 g/mol. The molecule has 0 bridgehead atoms. The summed E-state index contributed by atoms with van der Waals surface area (Å²) in [5.74, 6) is -0.615. The predicted octanol–water partition coefficient (Wildman–Crippen LogP) is 5.09. The molecule has 4 rings (SSSR count). The van der Waals surface area contributed by atoms with Crippen molar-refractivity contribution in [2.75, 3.05) is 6.61 Å². The number of aryl methyl sites for hydroxylation is 1. The third kappa shape index (κ3) is 7.24. The highest BCUT2D eigenvalue weighted by atomic mass is 35.5. The van der Waals surface area contributed by atoms with Crippen LogP contribution in [0.15, 0.2) is 52.2 Å². The molecule has 0 unspecified atom stereocenters. The Bertz CT molecular complexity index is 1480. The number of hydrogen-bond acceptors (Lipinski definition) is 7. The van der Waals surface area contributed by atoms with Crippen LogP contribution in [0.2, 0.25) is 20.1 Å². The highest BCUT2D eigenvalue weighted by Gasteiger charge is 2.49. The van der Waals surface area contributed by atoms with Crippen molar-refractivity contribution in [3.05, 3.63) is 100 Å². The molecule has 0 aliphatic carbocycles. The van der Waals surface area contributed by atoms with E-state index in [2.05, 4.69) is 4.98 Å². The Hall–Kier alpha value is -2.37. The first-order valence-electron chi connectivity index (χ1n) is 11.8. The van der Waals surface area contributed by atoms with E-state index >= 15 is 0 Å². The third-order valence-corrected chi connectivity index (χ3v) is 7.18. The molecule has 0 spiro atoms.